The molecule has 188 valence electrons. The number of hydrogen-bond acceptors (Lipinski definition) is 4. The van der Waals surface area contributed by atoms with Gasteiger partial charge in [-0.05, 0) is 60.2 Å². The van der Waals surface area contributed by atoms with Gasteiger partial charge in [-0.1, -0.05) is 25.1 Å². The maximum atomic E-state index is 15.4. The van der Waals surface area contributed by atoms with Gasteiger partial charge < -0.3 is 9.80 Å². The molecule has 4 rings (SSSR count). The first-order valence-electron chi connectivity index (χ1n) is 12.2. The zero-order chi connectivity index (χ0) is 25.8. The minimum atomic E-state index is -0.386. The summed E-state index contributed by atoms with van der Waals surface area (Å²) in [6.07, 6.45) is 4.29. The second-order valence-corrected chi connectivity index (χ2v) is 9.39. The molecule has 0 saturated carbocycles. The smallest absolute Gasteiger partial charge is 0.229 e. The van der Waals surface area contributed by atoms with Crippen molar-refractivity contribution in [2.45, 2.75) is 33.1 Å². The fourth-order valence-electron chi connectivity index (χ4n) is 4.67. The van der Waals surface area contributed by atoms with Gasteiger partial charge in [0.1, 0.15) is 11.7 Å². The molecule has 2 aromatic carbocycles. The van der Waals surface area contributed by atoms with Crippen molar-refractivity contribution in [1.82, 2.24) is 14.9 Å². The third-order valence-electron chi connectivity index (χ3n) is 6.69. The lowest BCUT2D eigenvalue weighted by molar-refractivity contribution is -0.129. The monoisotopic (exact) mass is 489 g/mol. The van der Waals surface area contributed by atoms with Gasteiger partial charge in [0, 0.05) is 51.6 Å². The summed E-state index contributed by atoms with van der Waals surface area (Å²) >= 11 is 0. The molecule has 1 atom stereocenters. The predicted molar refractivity (Wildman–Crippen MR) is 141 cm³/mol. The van der Waals surface area contributed by atoms with Crippen molar-refractivity contribution in [2.24, 2.45) is 11.0 Å². The fraction of sp³-hybridized carbons (Fsp3) is 0.357. The van der Waals surface area contributed by atoms with E-state index >= 15 is 4.39 Å². The Kier molecular flexibility index (Phi) is 7.62. The number of aryl methyl sites for hydroxylation is 1. The topological polar surface area (TPSA) is 69.1 Å². The molecule has 1 fully saturated rings. The van der Waals surface area contributed by atoms with Crippen LogP contribution in [0.3, 0.4) is 0 Å². The lowest BCUT2D eigenvalue weighted by Gasteiger charge is -2.25. The summed E-state index contributed by atoms with van der Waals surface area (Å²) in [4.78, 5) is 31.4. The molecule has 1 unspecified atom stereocenters. The number of amidine groups is 1. The molecule has 0 radical (unpaired) electrons. The molecule has 0 spiro atoms. The number of nitrogens with zero attached hydrogens (tertiary/aromatic N) is 5. The van der Waals surface area contributed by atoms with Crippen molar-refractivity contribution in [3.63, 3.8) is 0 Å². The van der Waals surface area contributed by atoms with Crippen LogP contribution in [-0.2, 0) is 9.59 Å². The summed E-state index contributed by atoms with van der Waals surface area (Å²) in [5, 5.41) is 6.65. The van der Waals surface area contributed by atoms with Crippen molar-refractivity contribution in [3.8, 4) is 11.1 Å². The van der Waals surface area contributed by atoms with Crippen LogP contribution in [0.4, 0.5) is 10.1 Å². The number of fused-ring (bicyclic) bond motifs is 1. The van der Waals surface area contributed by atoms with Crippen LogP contribution in [-0.4, -0.2) is 60.2 Å². The molecule has 1 aromatic heterocycles. The largest absolute Gasteiger partial charge is 0.342 e. The number of carbonyl (C=O) groups is 2. The number of amides is 2. The molecule has 0 aliphatic carbocycles. The molecule has 3 aromatic rings. The van der Waals surface area contributed by atoms with Gasteiger partial charge in [0.25, 0.3) is 0 Å². The zero-order valence-corrected chi connectivity index (χ0v) is 21.2. The van der Waals surface area contributed by atoms with E-state index in [1.54, 1.807) is 25.1 Å². The van der Waals surface area contributed by atoms with Gasteiger partial charge in [-0.25, -0.2) is 9.40 Å². The van der Waals surface area contributed by atoms with Gasteiger partial charge in [-0.2, -0.15) is 5.10 Å². The van der Waals surface area contributed by atoms with Gasteiger partial charge in [0.15, 0.2) is 0 Å². The first-order valence-corrected chi connectivity index (χ1v) is 12.2. The Morgan fingerprint density at radius 1 is 1.19 bits per heavy atom. The van der Waals surface area contributed by atoms with E-state index in [4.69, 9.17) is 0 Å². The van der Waals surface area contributed by atoms with Gasteiger partial charge in [0.2, 0.25) is 12.3 Å². The van der Waals surface area contributed by atoms with Gasteiger partial charge in [-0.15, -0.1) is 0 Å². The molecule has 0 bridgehead atoms. The van der Waals surface area contributed by atoms with Crippen LogP contribution in [0.1, 0.15) is 31.7 Å². The number of halogens is 1. The number of benzene rings is 2. The van der Waals surface area contributed by atoms with Gasteiger partial charge >= 0.3 is 0 Å². The maximum absolute atomic E-state index is 15.4. The number of likely N-dealkylation sites (tertiary alicyclic amines) is 1. The second kappa shape index (κ2) is 10.8. The Hall–Kier alpha value is -3.81. The Bertz CT molecular complexity index is 1310. The zero-order valence-electron chi connectivity index (χ0n) is 21.2. The Labute approximate surface area is 211 Å². The van der Waals surface area contributed by atoms with E-state index in [2.05, 4.69) is 16.2 Å². The van der Waals surface area contributed by atoms with Crippen molar-refractivity contribution in [2.75, 3.05) is 32.1 Å². The highest BCUT2D eigenvalue weighted by Gasteiger charge is 2.28. The number of pyridine rings is 1. The van der Waals surface area contributed by atoms with E-state index < -0.39 is 0 Å². The lowest BCUT2D eigenvalue weighted by atomic mass is 10.0. The van der Waals surface area contributed by atoms with Gasteiger partial charge in [0.05, 0.1) is 11.2 Å². The van der Waals surface area contributed by atoms with Crippen LogP contribution < -0.4 is 4.90 Å². The highest BCUT2D eigenvalue weighted by Crippen LogP contribution is 2.30. The van der Waals surface area contributed by atoms with Crippen molar-refractivity contribution >= 4 is 34.7 Å². The maximum Gasteiger partial charge on any atom is 0.229 e. The molecular formula is C28H32FN5O2. The van der Waals surface area contributed by atoms with Crippen molar-refractivity contribution in [1.29, 1.82) is 0 Å². The fourth-order valence-corrected chi connectivity index (χ4v) is 4.67. The average Bonchev–Trinajstić information content (AvgIpc) is 3.35. The summed E-state index contributed by atoms with van der Waals surface area (Å²) in [5.74, 6) is 0.507. The predicted octanol–water partition coefficient (Wildman–Crippen LogP) is 4.84. The van der Waals surface area contributed by atoms with E-state index in [0.29, 0.717) is 43.9 Å². The standard InChI is InChI=1S/C28H32FN5O2/c1-5-28(36)34-11-10-20(17-34)13-27(31-32(3)18-35)33(4)26-9-8-21(14-24(26)29)22-6-7-23-12-19(2)16-30-25(23)15-22/h6-9,12,14-16,18,20H,5,10-11,13,17H2,1-4H3/b31-27-. The highest BCUT2D eigenvalue weighted by atomic mass is 19.1. The molecule has 2 amide bonds. The quantitative estimate of drug-likeness (QED) is 0.206. The summed E-state index contributed by atoms with van der Waals surface area (Å²) in [7, 11) is 3.30. The van der Waals surface area contributed by atoms with Crippen LogP contribution in [0.15, 0.2) is 53.8 Å². The van der Waals surface area contributed by atoms with Gasteiger partial charge in [-0.3, -0.25) is 14.6 Å². The first-order chi connectivity index (χ1) is 17.3. The third-order valence-corrected chi connectivity index (χ3v) is 6.69. The van der Waals surface area contributed by atoms with Crippen molar-refractivity contribution < 1.29 is 14.0 Å². The van der Waals surface area contributed by atoms with E-state index in [0.717, 1.165) is 34.0 Å². The number of aromatic nitrogens is 1. The number of rotatable bonds is 7. The molecule has 1 aliphatic heterocycles. The SMILES string of the molecule is CCC(=O)N1CCC(C/C(=N/N(C)C=O)N(C)c2ccc(-c3ccc4cc(C)cnc4c3)cc2F)C1. The molecule has 1 aliphatic rings. The van der Waals surface area contributed by atoms with Crippen LogP contribution in [0.25, 0.3) is 22.0 Å². The minimum Gasteiger partial charge on any atom is -0.342 e. The van der Waals surface area contributed by atoms with Crippen LogP contribution in [0, 0.1) is 18.7 Å². The van der Waals surface area contributed by atoms with Crippen LogP contribution >= 0.6 is 0 Å². The molecule has 0 N–H and O–H groups in total. The summed E-state index contributed by atoms with van der Waals surface area (Å²) < 4.78 is 15.4. The second-order valence-electron chi connectivity index (χ2n) is 9.39. The minimum absolute atomic E-state index is 0.134. The highest BCUT2D eigenvalue weighted by molar-refractivity contribution is 5.98. The summed E-state index contributed by atoms with van der Waals surface area (Å²) in [6, 6.07) is 13.1. The first kappa shape index (κ1) is 25.3. The molecular weight excluding hydrogens is 457 g/mol. The summed E-state index contributed by atoms with van der Waals surface area (Å²) in [5.41, 5.74) is 3.95. The molecule has 36 heavy (non-hydrogen) atoms. The third kappa shape index (κ3) is 5.53. The summed E-state index contributed by atoms with van der Waals surface area (Å²) in [6.45, 7) is 5.21. The van der Waals surface area contributed by atoms with E-state index in [-0.39, 0.29) is 17.6 Å². The van der Waals surface area contributed by atoms with Crippen LogP contribution in [0.2, 0.25) is 0 Å². The average molecular weight is 490 g/mol. The molecule has 2 heterocycles. The van der Waals surface area contributed by atoms with E-state index in [1.807, 2.05) is 49.2 Å². The Balaban J connectivity index is 1.58. The molecule has 1 saturated heterocycles. The number of hydrogen-bond donors (Lipinski definition) is 0. The molecule has 8 heteroatoms. The Morgan fingerprint density at radius 2 is 1.94 bits per heavy atom. The van der Waals surface area contributed by atoms with Crippen molar-refractivity contribution in [3.05, 3.63) is 60.0 Å². The number of hydrazone groups is 1. The van der Waals surface area contributed by atoms with E-state index in [9.17, 15) is 9.59 Å². The van der Waals surface area contributed by atoms with Crippen LogP contribution in [0.5, 0.6) is 0 Å². The molecule has 7 nitrogen and oxygen atoms in total. The Morgan fingerprint density at radius 3 is 2.67 bits per heavy atom. The normalized spacial score (nSPS) is 15.9. The lowest BCUT2D eigenvalue weighted by Crippen LogP contribution is -2.33. The van der Waals surface area contributed by atoms with E-state index in [1.165, 1.54) is 11.1 Å². The number of carbonyl (C=O) groups excluding carboxylic acids is 2. The number of anilines is 1.